The average Bonchev–Trinajstić information content (AvgIpc) is 3.26. The number of ether oxygens (including phenoxy) is 2. The van der Waals surface area contributed by atoms with Crippen molar-refractivity contribution in [2.75, 3.05) is 13.7 Å². The molecular formula is C17H24N2O2. The lowest BCUT2D eigenvalue weighted by Crippen LogP contribution is -2.35. The van der Waals surface area contributed by atoms with Crippen LogP contribution in [-0.4, -0.2) is 25.8 Å². The molecule has 1 aliphatic carbocycles. The Morgan fingerprint density at radius 3 is 2.62 bits per heavy atom. The smallest absolute Gasteiger partial charge is 0.130 e. The standard InChI is InChI=1S/C17H24N2O2/c1-17(2,3)15-9-14(20-4)7-8-16(15)21-11-13(10-18)19-12-5-6-12/h7-9,12-13,19H,5-6,11H2,1-4H3. The van der Waals surface area contributed by atoms with E-state index in [1.54, 1.807) is 7.11 Å². The third-order valence-electron chi connectivity index (χ3n) is 3.57. The fourth-order valence-corrected chi connectivity index (χ4v) is 2.18. The molecule has 2 rings (SSSR count). The summed E-state index contributed by atoms with van der Waals surface area (Å²) in [5.41, 5.74) is 1.04. The lowest BCUT2D eigenvalue weighted by atomic mass is 9.86. The van der Waals surface area contributed by atoms with Gasteiger partial charge in [-0.15, -0.1) is 0 Å². The van der Waals surface area contributed by atoms with Crippen molar-refractivity contribution in [2.45, 2.75) is 51.1 Å². The molecule has 1 fully saturated rings. The van der Waals surface area contributed by atoms with Crippen molar-refractivity contribution in [1.82, 2.24) is 5.32 Å². The highest BCUT2D eigenvalue weighted by Gasteiger charge is 2.25. The van der Waals surface area contributed by atoms with E-state index < -0.39 is 0 Å². The molecule has 0 saturated heterocycles. The first-order valence-corrected chi connectivity index (χ1v) is 7.41. The van der Waals surface area contributed by atoms with Crippen LogP contribution in [0.4, 0.5) is 0 Å². The van der Waals surface area contributed by atoms with Gasteiger partial charge in [-0.1, -0.05) is 20.8 Å². The molecule has 1 unspecified atom stereocenters. The topological polar surface area (TPSA) is 54.3 Å². The van der Waals surface area contributed by atoms with Crippen molar-refractivity contribution in [1.29, 1.82) is 5.26 Å². The van der Waals surface area contributed by atoms with Crippen LogP contribution in [-0.2, 0) is 5.41 Å². The molecule has 4 nitrogen and oxygen atoms in total. The Hall–Kier alpha value is -1.73. The minimum Gasteiger partial charge on any atom is -0.497 e. The number of nitrogens with zero attached hydrogens (tertiary/aromatic N) is 1. The number of hydrogen-bond acceptors (Lipinski definition) is 4. The van der Waals surface area contributed by atoms with Crippen molar-refractivity contribution >= 4 is 0 Å². The van der Waals surface area contributed by atoms with Gasteiger partial charge in [0.05, 0.1) is 13.2 Å². The quantitative estimate of drug-likeness (QED) is 0.874. The summed E-state index contributed by atoms with van der Waals surface area (Å²) < 4.78 is 11.2. The third-order valence-corrected chi connectivity index (χ3v) is 3.57. The molecule has 1 saturated carbocycles. The molecule has 1 atom stereocenters. The van der Waals surface area contributed by atoms with Crippen molar-refractivity contribution in [3.63, 3.8) is 0 Å². The van der Waals surface area contributed by atoms with E-state index in [2.05, 4.69) is 32.2 Å². The second-order valence-corrected chi connectivity index (χ2v) is 6.55. The largest absolute Gasteiger partial charge is 0.497 e. The van der Waals surface area contributed by atoms with Crippen LogP contribution in [0.3, 0.4) is 0 Å². The van der Waals surface area contributed by atoms with E-state index in [0.717, 1.165) is 29.9 Å². The summed E-state index contributed by atoms with van der Waals surface area (Å²) in [5.74, 6) is 1.64. The summed E-state index contributed by atoms with van der Waals surface area (Å²) in [5, 5.41) is 12.5. The van der Waals surface area contributed by atoms with Gasteiger partial charge in [-0.25, -0.2) is 0 Å². The Labute approximate surface area is 127 Å². The minimum atomic E-state index is -0.257. The van der Waals surface area contributed by atoms with E-state index in [1.807, 2.05) is 18.2 Å². The normalized spacial score (nSPS) is 16.1. The van der Waals surface area contributed by atoms with Gasteiger partial charge in [-0.05, 0) is 36.5 Å². The first kappa shape index (κ1) is 15.7. The number of nitrogens with one attached hydrogen (secondary N) is 1. The molecular weight excluding hydrogens is 264 g/mol. The maximum absolute atomic E-state index is 9.18. The Kier molecular flexibility index (Phi) is 4.74. The number of hydrogen-bond donors (Lipinski definition) is 1. The van der Waals surface area contributed by atoms with Crippen molar-refractivity contribution in [2.24, 2.45) is 0 Å². The Bertz CT molecular complexity index is 525. The van der Waals surface area contributed by atoms with Gasteiger partial charge in [0.1, 0.15) is 24.1 Å². The molecule has 0 radical (unpaired) electrons. The SMILES string of the molecule is COc1ccc(OCC(C#N)NC2CC2)c(C(C)(C)C)c1. The minimum absolute atomic E-state index is 0.0457. The van der Waals surface area contributed by atoms with Crippen molar-refractivity contribution in [3.05, 3.63) is 23.8 Å². The van der Waals surface area contributed by atoms with E-state index in [1.165, 1.54) is 0 Å². The predicted molar refractivity (Wildman–Crippen MR) is 82.7 cm³/mol. The number of rotatable bonds is 6. The maximum atomic E-state index is 9.18. The van der Waals surface area contributed by atoms with Gasteiger partial charge >= 0.3 is 0 Å². The highest BCUT2D eigenvalue weighted by molar-refractivity contribution is 5.44. The lowest BCUT2D eigenvalue weighted by Gasteiger charge is -2.24. The van der Waals surface area contributed by atoms with Crippen LogP contribution in [0.1, 0.15) is 39.2 Å². The zero-order chi connectivity index (χ0) is 15.5. The third kappa shape index (κ3) is 4.37. The molecule has 0 heterocycles. The molecule has 1 aromatic rings. The summed E-state index contributed by atoms with van der Waals surface area (Å²) in [4.78, 5) is 0. The van der Waals surface area contributed by atoms with Crippen LogP contribution < -0.4 is 14.8 Å². The average molecular weight is 288 g/mol. The number of nitriles is 1. The molecule has 1 N–H and O–H groups in total. The van der Waals surface area contributed by atoms with Gasteiger partial charge in [0.25, 0.3) is 0 Å². The molecule has 0 spiro atoms. The fraction of sp³-hybridized carbons (Fsp3) is 0.588. The maximum Gasteiger partial charge on any atom is 0.130 e. The molecule has 1 aromatic carbocycles. The predicted octanol–water partition coefficient (Wildman–Crippen LogP) is 3.02. The molecule has 0 amide bonds. The van der Waals surface area contributed by atoms with E-state index in [9.17, 15) is 5.26 Å². The van der Waals surface area contributed by atoms with Crippen LogP contribution in [0.15, 0.2) is 18.2 Å². The van der Waals surface area contributed by atoms with Gasteiger partial charge in [0.2, 0.25) is 0 Å². The van der Waals surface area contributed by atoms with Gasteiger partial charge in [-0.2, -0.15) is 5.26 Å². The second-order valence-electron chi connectivity index (χ2n) is 6.55. The molecule has 0 bridgehead atoms. The zero-order valence-corrected chi connectivity index (χ0v) is 13.3. The Balaban J connectivity index is 2.09. The lowest BCUT2D eigenvalue weighted by molar-refractivity contribution is 0.280. The summed E-state index contributed by atoms with van der Waals surface area (Å²) in [6, 6.07) is 8.32. The summed E-state index contributed by atoms with van der Waals surface area (Å²) in [7, 11) is 1.66. The molecule has 0 aliphatic heterocycles. The highest BCUT2D eigenvalue weighted by Crippen LogP contribution is 2.34. The van der Waals surface area contributed by atoms with Crippen LogP contribution >= 0.6 is 0 Å². The Morgan fingerprint density at radius 2 is 2.10 bits per heavy atom. The molecule has 114 valence electrons. The van der Waals surface area contributed by atoms with Gasteiger partial charge in [0.15, 0.2) is 0 Å². The molecule has 0 aromatic heterocycles. The summed E-state index contributed by atoms with van der Waals surface area (Å²) >= 11 is 0. The van der Waals surface area contributed by atoms with Gasteiger partial charge in [0, 0.05) is 11.6 Å². The van der Waals surface area contributed by atoms with Crippen LogP contribution in [0.25, 0.3) is 0 Å². The highest BCUT2D eigenvalue weighted by atomic mass is 16.5. The van der Waals surface area contributed by atoms with E-state index in [4.69, 9.17) is 9.47 Å². The molecule has 4 heteroatoms. The van der Waals surface area contributed by atoms with Gasteiger partial charge in [-0.3, -0.25) is 5.32 Å². The number of benzene rings is 1. The summed E-state index contributed by atoms with van der Waals surface area (Å²) in [6.07, 6.45) is 2.32. The van der Waals surface area contributed by atoms with E-state index >= 15 is 0 Å². The molecule has 1 aliphatic rings. The Morgan fingerprint density at radius 1 is 1.38 bits per heavy atom. The van der Waals surface area contributed by atoms with Crippen molar-refractivity contribution < 1.29 is 9.47 Å². The second kappa shape index (κ2) is 6.36. The fourth-order valence-electron chi connectivity index (χ4n) is 2.18. The first-order valence-electron chi connectivity index (χ1n) is 7.41. The van der Waals surface area contributed by atoms with Crippen LogP contribution in [0, 0.1) is 11.3 Å². The summed E-state index contributed by atoms with van der Waals surface area (Å²) in [6.45, 7) is 6.78. The van der Waals surface area contributed by atoms with E-state index in [-0.39, 0.29) is 11.5 Å². The zero-order valence-electron chi connectivity index (χ0n) is 13.3. The number of methoxy groups -OCH3 is 1. The molecule has 21 heavy (non-hydrogen) atoms. The van der Waals surface area contributed by atoms with Crippen molar-refractivity contribution in [3.8, 4) is 17.6 Å². The van der Waals surface area contributed by atoms with E-state index in [0.29, 0.717) is 12.6 Å². The van der Waals surface area contributed by atoms with Crippen LogP contribution in [0.5, 0.6) is 11.5 Å². The van der Waals surface area contributed by atoms with Crippen LogP contribution in [0.2, 0.25) is 0 Å². The first-order chi connectivity index (χ1) is 9.94. The monoisotopic (exact) mass is 288 g/mol. The van der Waals surface area contributed by atoms with Gasteiger partial charge < -0.3 is 9.47 Å².